The van der Waals surface area contributed by atoms with E-state index in [-0.39, 0.29) is 0 Å². The average molecular weight is 238 g/mol. The third-order valence-corrected chi connectivity index (χ3v) is 4.80. The summed E-state index contributed by atoms with van der Waals surface area (Å²) in [5.41, 5.74) is 0.645. The molecule has 0 heterocycles. The lowest BCUT2D eigenvalue weighted by Gasteiger charge is -2.34. The predicted molar refractivity (Wildman–Crippen MR) is 78.3 cm³/mol. The summed E-state index contributed by atoms with van der Waals surface area (Å²) >= 11 is 0. The molecule has 1 aliphatic rings. The van der Waals surface area contributed by atoms with Crippen molar-refractivity contribution in [3.63, 3.8) is 0 Å². The Bertz CT molecular complexity index is 182. The molecule has 1 saturated carbocycles. The van der Waals surface area contributed by atoms with Gasteiger partial charge in [0.15, 0.2) is 0 Å². The van der Waals surface area contributed by atoms with Crippen molar-refractivity contribution < 1.29 is 0 Å². The summed E-state index contributed by atoms with van der Waals surface area (Å²) in [4.78, 5) is 0. The Balaban J connectivity index is 2.00. The van der Waals surface area contributed by atoms with E-state index >= 15 is 0 Å². The summed E-state index contributed by atoms with van der Waals surface area (Å²) in [5.74, 6) is 2.02. The molecule has 1 atom stereocenters. The van der Waals surface area contributed by atoms with Gasteiger partial charge in [-0.25, -0.2) is 0 Å². The zero-order valence-corrected chi connectivity index (χ0v) is 12.7. The van der Waals surface area contributed by atoms with Gasteiger partial charge in [-0.2, -0.15) is 0 Å². The van der Waals surface area contributed by atoms with Crippen molar-refractivity contribution in [3.8, 4) is 0 Å². The molecule has 0 aromatic heterocycles. The van der Waals surface area contributed by atoms with Gasteiger partial charge in [0.05, 0.1) is 0 Å². The Morgan fingerprint density at radius 1 is 1.06 bits per heavy atom. The predicted octanol–water partition coefficient (Wildman–Crippen LogP) is 6.20. The van der Waals surface area contributed by atoms with Crippen LogP contribution in [0.2, 0.25) is 0 Å². The summed E-state index contributed by atoms with van der Waals surface area (Å²) in [5, 5.41) is 0. The normalized spacial score (nSPS) is 22.6. The Hall–Kier alpha value is 0. The van der Waals surface area contributed by atoms with Gasteiger partial charge in [-0.05, 0) is 42.9 Å². The minimum atomic E-state index is 0.645. The highest BCUT2D eigenvalue weighted by molar-refractivity contribution is 4.78. The van der Waals surface area contributed by atoms with E-state index in [2.05, 4.69) is 27.7 Å². The zero-order chi connectivity index (χ0) is 12.7. The quantitative estimate of drug-likeness (QED) is 0.463. The van der Waals surface area contributed by atoms with Crippen molar-refractivity contribution in [1.29, 1.82) is 0 Å². The molecule has 1 unspecified atom stereocenters. The lowest BCUT2D eigenvalue weighted by molar-refractivity contribution is 0.182. The molecule has 1 fully saturated rings. The monoisotopic (exact) mass is 238 g/mol. The van der Waals surface area contributed by atoms with E-state index in [9.17, 15) is 0 Å². The Kier molecular flexibility index (Phi) is 6.59. The fourth-order valence-corrected chi connectivity index (χ4v) is 3.31. The smallest absolute Gasteiger partial charge is 0.0354 e. The van der Waals surface area contributed by atoms with Gasteiger partial charge >= 0.3 is 0 Å². The van der Waals surface area contributed by atoms with Crippen LogP contribution in [-0.4, -0.2) is 0 Å². The molecule has 0 nitrogen and oxygen atoms in total. The first-order valence-corrected chi connectivity index (χ1v) is 8.03. The standard InChI is InChI=1S/C17H34/c1-5-8-15(2)9-6-7-10-16-11-13-17(3,4)14-12-16/h15-16H,5-14H2,1-4H3. The van der Waals surface area contributed by atoms with E-state index in [1.54, 1.807) is 0 Å². The van der Waals surface area contributed by atoms with Gasteiger partial charge in [0.1, 0.15) is 0 Å². The van der Waals surface area contributed by atoms with Crippen LogP contribution in [0, 0.1) is 17.3 Å². The van der Waals surface area contributed by atoms with E-state index in [0.717, 1.165) is 11.8 Å². The second kappa shape index (κ2) is 7.44. The van der Waals surface area contributed by atoms with Gasteiger partial charge in [-0.3, -0.25) is 0 Å². The van der Waals surface area contributed by atoms with Crippen molar-refractivity contribution in [3.05, 3.63) is 0 Å². The molecule has 1 rings (SSSR count). The molecule has 0 aliphatic heterocycles. The van der Waals surface area contributed by atoms with Crippen LogP contribution in [0.25, 0.3) is 0 Å². The van der Waals surface area contributed by atoms with Gasteiger partial charge in [-0.15, -0.1) is 0 Å². The minimum absolute atomic E-state index is 0.645. The maximum Gasteiger partial charge on any atom is -0.0354 e. The first-order chi connectivity index (χ1) is 8.03. The van der Waals surface area contributed by atoms with Crippen LogP contribution < -0.4 is 0 Å². The van der Waals surface area contributed by atoms with Gasteiger partial charge in [0, 0.05) is 0 Å². The van der Waals surface area contributed by atoms with E-state index in [1.165, 1.54) is 64.2 Å². The molecule has 17 heavy (non-hydrogen) atoms. The molecular weight excluding hydrogens is 204 g/mol. The lowest BCUT2D eigenvalue weighted by atomic mass is 9.72. The molecule has 102 valence electrons. The van der Waals surface area contributed by atoms with Crippen molar-refractivity contribution >= 4 is 0 Å². The topological polar surface area (TPSA) is 0 Å². The van der Waals surface area contributed by atoms with Crippen LogP contribution in [0.1, 0.15) is 91.9 Å². The molecule has 0 heteroatoms. The maximum atomic E-state index is 2.44. The van der Waals surface area contributed by atoms with E-state index < -0.39 is 0 Å². The molecule has 0 amide bonds. The van der Waals surface area contributed by atoms with Crippen molar-refractivity contribution in [2.24, 2.45) is 17.3 Å². The highest BCUT2D eigenvalue weighted by Crippen LogP contribution is 2.39. The molecule has 0 aromatic rings. The van der Waals surface area contributed by atoms with Crippen LogP contribution in [0.3, 0.4) is 0 Å². The lowest BCUT2D eigenvalue weighted by Crippen LogP contribution is -2.21. The highest BCUT2D eigenvalue weighted by atomic mass is 14.3. The molecule has 0 bridgehead atoms. The van der Waals surface area contributed by atoms with E-state index in [0.29, 0.717) is 5.41 Å². The Morgan fingerprint density at radius 2 is 1.71 bits per heavy atom. The Morgan fingerprint density at radius 3 is 2.29 bits per heavy atom. The van der Waals surface area contributed by atoms with Crippen molar-refractivity contribution in [2.45, 2.75) is 91.9 Å². The number of hydrogen-bond donors (Lipinski definition) is 0. The van der Waals surface area contributed by atoms with Crippen molar-refractivity contribution in [2.75, 3.05) is 0 Å². The molecule has 0 radical (unpaired) electrons. The SMILES string of the molecule is CCCC(C)CCCCC1CCC(C)(C)CC1. The second-order valence-electron chi connectivity index (χ2n) is 7.29. The summed E-state index contributed by atoms with van der Waals surface area (Å²) in [6.07, 6.45) is 14.6. The number of unbranched alkanes of at least 4 members (excludes halogenated alkanes) is 1. The van der Waals surface area contributed by atoms with Gasteiger partial charge < -0.3 is 0 Å². The zero-order valence-electron chi connectivity index (χ0n) is 12.7. The first kappa shape index (κ1) is 15.1. The largest absolute Gasteiger partial charge is 0.0654 e. The molecule has 0 N–H and O–H groups in total. The molecule has 0 aromatic carbocycles. The fraction of sp³-hybridized carbons (Fsp3) is 1.00. The van der Waals surface area contributed by atoms with Gasteiger partial charge in [0.25, 0.3) is 0 Å². The summed E-state index contributed by atoms with van der Waals surface area (Å²) in [6.45, 7) is 9.61. The summed E-state index contributed by atoms with van der Waals surface area (Å²) in [7, 11) is 0. The van der Waals surface area contributed by atoms with Crippen LogP contribution in [-0.2, 0) is 0 Å². The molecule has 0 spiro atoms. The molecule has 1 aliphatic carbocycles. The van der Waals surface area contributed by atoms with Gasteiger partial charge in [-0.1, -0.05) is 66.2 Å². The molecular formula is C17H34. The van der Waals surface area contributed by atoms with Crippen LogP contribution in [0.5, 0.6) is 0 Å². The van der Waals surface area contributed by atoms with Crippen LogP contribution >= 0.6 is 0 Å². The first-order valence-electron chi connectivity index (χ1n) is 8.03. The number of hydrogen-bond acceptors (Lipinski definition) is 0. The van der Waals surface area contributed by atoms with Crippen molar-refractivity contribution in [1.82, 2.24) is 0 Å². The van der Waals surface area contributed by atoms with Crippen LogP contribution in [0.15, 0.2) is 0 Å². The van der Waals surface area contributed by atoms with Gasteiger partial charge in [0.2, 0.25) is 0 Å². The number of rotatable bonds is 7. The molecule has 0 saturated heterocycles. The van der Waals surface area contributed by atoms with E-state index in [4.69, 9.17) is 0 Å². The van der Waals surface area contributed by atoms with Crippen LogP contribution in [0.4, 0.5) is 0 Å². The fourth-order valence-electron chi connectivity index (χ4n) is 3.31. The summed E-state index contributed by atoms with van der Waals surface area (Å²) in [6, 6.07) is 0. The minimum Gasteiger partial charge on any atom is -0.0654 e. The highest BCUT2D eigenvalue weighted by Gasteiger charge is 2.26. The maximum absolute atomic E-state index is 2.44. The third-order valence-electron chi connectivity index (χ3n) is 4.80. The summed E-state index contributed by atoms with van der Waals surface area (Å²) < 4.78 is 0. The second-order valence-corrected chi connectivity index (χ2v) is 7.29. The third kappa shape index (κ3) is 6.48. The Labute approximate surface area is 110 Å². The average Bonchev–Trinajstić information content (AvgIpc) is 2.27. The van der Waals surface area contributed by atoms with E-state index in [1.807, 2.05) is 0 Å².